The van der Waals surface area contributed by atoms with E-state index in [1.807, 2.05) is 91.9 Å². The van der Waals surface area contributed by atoms with Crippen LogP contribution in [0.15, 0.2) is 108 Å². The number of aromatic nitrogens is 2. The minimum atomic E-state index is -0.897. The number of nitrogens with zero attached hydrogens (tertiary/aromatic N) is 4. The molecule has 1 aromatic heterocycles. The number of nitriles is 1. The SMILES string of the molecule is CN(Cc1ccccc1)C(=O)c1cc(-c2nnc([C@](C)(N)Cc3ccccc3)o2)cc(-c2ccccc2C#N)c1. The maximum Gasteiger partial charge on any atom is 0.253 e. The molecule has 4 aromatic carbocycles. The van der Waals surface area contributed by atoms with Gasteiger partial charge in [-0.2, -0.15) is 5.26 Å². The summed E-state index contributed by atoms with van der Waals surface area (Å²) in [6.07, 6.45) is 0.513. The second-order valence-corrected chi connectivity index (χ2v) is 10.1. The lowest BCUT2D eigenvalue weighted by Crippen LogP contribution is -2.35. The van der Waals surface area contributed by atoms with E-state index < -0.39 is 5.54 Å². The summed E-state index contributed by atoms with van der Waals surface area (Å²) >= 11 is 0. The molecule has 1 amide bonds. The van der Waals surface area contributed by atoms with Gasteiger partial charge in [-0.1, -0.05) is 78.9 Å². The van der Waals surface area contributed by atoms with Gasteiger partial charge in [-0.15, -0.1) is 10.2 Å². The Morgan fingerprint density at radius 3 is 2.23 bits per heavy atom. The first kappa shape index (κ1) is 26.5. The van der Waals surface area contributed by atoms with Crippen LogP contribution >= 0.6 is 0 Å². The Balaban J connectivity index is 1.53. The number of carbonyl (C=O) groups is 1. The van der Waals surface area contributed by atoms with Gasteiger partial charge in [0.2, 0.25) is 11.8 Å². The van der Waals surface area contributed by atoms with Crippen molar-refractivity contribution in [2.75, 3.05) is 7.05 Å². The zero-order valence-electron chi connectivity index (χ0n) is 22.4. The topological polar surface area (TPSA) is 109 Å². The number of carbonyl (C=O) groups excluding carboxylic acids is 1. The Morgan fingerprint density at radius 2 is 1.52 bits per heavy atom. The fraction of sp³-hybridized carbons (Fsp3) is 0.152. The van der Waals surface area contributed by atoms with Gasteiger partial charge < -0.3 is 15.1 Å². The molecule has 0 fully saturated rings. The molecule has 0 aliphatic rings. The third-order valence-corrected chi connectivity index (χ3v) is 6.72. The highest BCUT2D eigenvalue weighted by Crippen LogP contribution is 2.32. The summed E-state index contributed by atoms with van der Waals surface area (Å²) in [6, 6.07) is 34.6. The minimum absolute atomic E-state index is 0.172. The van der Waals surface area contributed by atoms with E-state index in [1.165, 1.54) is 0 Å². The van der Waals surface area contributed by atoms with Crippen molar-refractivity contribution in [1.82, 2.24) is 15.1 Å². The molecule has 0 bridgehead atoms. The lowest BCUT2D eigenvalue weighted by atomic mass is 9.94. The standard InChI is InChI=1S/C33H29N5O2/c1-33(35,20-23-11-5-3-6-12-23)32-37-36-30(40-32)27-17-26(29-16-10-9-15-25(29)21-34)18-28(19-27)31(39)38(2)22-24-13-7-4-8-14-24/h3-19H,20,22,35H2,1-2H3/t33-/m1/s1. The molecule has 5 rings (SSSR count). The highest BCUT2D eigenvalue weighted by Gasteiger charge is 2.29. The Hall–Kier alpha value is -5.06. The molecule has 0 saturated heterocycles. The Morgan fingerprint density at radius 1 is 0.900 bits per heavy atom. The number of hydrogen-bond donors (Lipinski definition) is 1. The second kappa shape index (κ2) is 11.4. The van der Waals surface area contributed by atoms with E-state index in [2.05, 4.69) is 16.3 Å². The first-order valence-corrected chi connectivity index (χ1v) is 13.0. The van der Waals surface area contributed by atoms with Crippen molar-refractivity contribution in [3.63, 3.8) is 0 Å². The minimum Gasteiger partial charge on any atom is -0.419 e. The van der Waals surface area contributed by atoms with E-state index in [1.54, 1.807) is 30.1 Å². The number of benzene rings is 4. The Kier molecular flexibility index (Phi) is 7.54. The number of nitrogens with two attached hydrogens (primary N) is 1. The predicted molar refractivity (Wildman–Crippen MR) is 154 cm³/mol. The molecular formula is C33H29N5O2. The monoisotopic (exact) mass is 527 g/mol. The summed E-state index contributed by atoms with van der Waals surface area (Å²) in [6.45, 7) is 2.30. The summed E-state index contributed by atoms with van der Waals surface area (Å²) in [5, 5.41) is 18.3. The molecule has 198 valence electrons. The summed E-state index contributed by atoms with van der Waals surface area (Å²) < 4.78 is 6.11. The van der Waals surface area contributed by atoms with Crippen LogP contribution in [0.1, 0.15) is 39.9 Å². The molecule has 0 saturated carbocycles. The smallest absolute Gasteiger partial charge is 0.253 e. The average molecular weight is 528 g/mol. The highest BCUT2D eigenvalue weighted by molar-refractivity contribution is 5.97. The lowest BCUT2D eigenvalue weighted by molar-refractivity contribution is 0.0785. The van der Waals surface area contributed by atoms with E-state index >= 15 is 0 Å². The summed E-state index contributed by atoms with van der Waals surface area (Å²) in [5.41, 5.74) is 10.7. The van der Waals surface area contributed by atoms with Crippen molar-refractivity contribution < 1.29 is 9.21 Å². The van der Waals surface area contributed by atoms with Gasteiger partial charge in [0, 0.05) is 24.7 Å². The van der Waals surface area contributed by atoms with Gasteiger partial charge in [0.05, 0.1) is 17.2 Å². The third kappa shape index (κ3) is 5.83. The lowest BCUT2D eigenvalue weighted by Gasteiger charge is -2.20. The largest absolute Gasteiger partial charge is 0.419 e. The molecule has 0 aliphatic carbocycles. The van der Waals surface area contributed by atoms with E-state index in [0.29, 0.717) is 46.7 Å². The molecule has 40 heavy (non-hydrogen) atoms. The average Bonchev–Trinajstić information content (AvgIpc) is 3.49. The molecule has 0 radical (unpaired) electrons. The van der Waals surface area contributed by atoms with Crippen molar-refractivity contribution in [2.45, 2.75) is 25.4 Å². The van der Waals surface area contributed by atoms with Gasteiger partial charge in [0.25, 0.3) is 5.91 Å². The van der Waals surface area contributed by atoms with Gasteiger partial charge >= 0.3 is 0 Å². The first-order valence-electron chi connectivity index (χ1n) is 13.0. The van der Waals surface area contributed by atoms with Gasteiger partial charge in [0.1, 0.15) is 0 Å². The Labute approximate surface area is 233 Å². The van der Waals surface area contributed by atoms with Crippen LogP contribution in [-0.4, -0.2) is 28.1 Å². The number of hydrogen-bond acceptors (Lipinski definition) is 6. The van der Waals surface area contributed by atoms with Crippen LogP contribution < -0.4 is 5.73 Å². The van der Waals surface area contributed by atoms with Crippen molar-refractivity contribution in [3.8, 4) is 28.7 Å². The van der Waals surface area contributed by atoms with Crippen LogP contribution in [-0.2, 0) is 18.5 Å². The summed E-state index contributed by atoms with van der Waals surface area (Å²) in [7, 11) is 1.76. The molecule has 7 nitrogen and oxygen atoms in total. The van der Waals surface area contributed by atoms with E-state index in [0.717, 1.165) is 11.1 Å². The van der Waals surface area contributed by atoms with Crippen molar-refractivity contribution in [2.24, 2.45) is 5.73 Å². The number of rotatable bonds is 8. The van der Waals surface area contributed by atoms with Crippen LogP contribution in [0.4, 0.5) is 0 Å². The maximum atomic E-state index is 13.6. The predicted octanol–water partition coefficient (Wildman–Crippen LogP) is 5.96. The number of amides is 1. The highest BCUT2D eigenvalue weighted by atomic mass is 16.4. The van der Waals surface area contributed by atoms with Gasteiger partial charge in [-0.05, 0) is 59.9 Å². The van der Waals surface area contributed by atoms with E-state index in [4.69, 9.17) is 10.2 Å². The van der Waals surface area contributed by atoms with Gasteiger partial charge in [-0.3, -0.25) is 4.79 Å². The van der Waals surface area contributed by atoms with Crippen LogP contribution in [0.25, 0.3) is 22.6 Å². The molecule has 0 aliphatic heterocycles. The Bertz CT molecular complexity index is 1670. The maximum absolute atomic E-state index is 13.6. The fourth-order valence-electron chi connectivity index (χ4n) is 4.68. The van der Waals surface area contributed by atoms with Crippen LogP contribution in [0, 0.1) is 11.3 Å². The van der Waals surface area contributed by atoms with Crippen molar-refractivity contribution in [3.05, 3.63) is 131 Å². The summed E-state index contributed by atoms with van der Waals surface area (Å²) in [5.74, 6) is 0.368. The van der Waals surface area contributed by atoms with Crippen LogP contribution in [0.2, 0.25) is 0 Å². The van der Waals surface area contributed by atoms with Crippen molar-refractivity contribution in [1.29, 1.82) is 5.26 Å². The van der Waals surface area contributed by atoms with E-state index in [-0.39, 0.29) is 11.8 Å². The second-order valence-electron chi connectivity index (χ2n) is 10.1. The fourth-order valence-corrected chi connectivity index (χ4v) is 4.68. The van der Waals surface area contributed by atoms with Crippen LogP contribution in [0.5, 0.6) is 0 Å². The third-order valence-electron chi connectivity index (χ3n) is 6.72. The van der Waals surface area contributed by atoms with Gasteiger partial charge in [0.15, 0.2) is 0 Å². The summed E-state index contributed by atoms with van der Waals surface area (Å²) in [4.78, 5) is 15.3. The molecular weight excluding hydrogens is 498 g/mol. The molecule has 1 heterocycles. The molecule has 0 spiro atoms. The molecule has 5 aromatic rings. The zero-order chi connectivity index (χ0) is 28.1. The first-order chi connectivity index (χ1) is 19.3. The normalized spacial score (nSPS) is 12.3. The zero-order valence-corrected chi connectivity index (χ0v) is 22.4. The van der Waals surface area contributed by atoms with Crippen LogP contribution in [0.3, 0.4) is 0 Å². The van der Waals surface area contributed by atoms with Gasteiger partial charge in [-0.25, -0.2) is 0 Å². The quantitative estimate of drug-likeness (QED) is 0.267. The van der Waals surface area contributed by atoms with E-state index in [9.17, 15) is 10.1 Å². The molecule has 2 N–H and O–H groups in total. The molecule has 7 heteroatoms. The molecule has 0 unspecified atom stereocenters. The molecule has 1 atom stereocenters. The van der Waals surface area contributed by atoms with Crippen molar-refractivity contribution >= 4 is 5.91 Å².